The van der Waals surface area contributed by atoms with Crippen LogP contribution in [0.2, 0.25) is 5.02 Å². The normalized spacial score (nSPS) is 18.1. The number of ether oxygens (including phenoxy) is 1. The molecule has 2 heterocycles. The van der Waals surface area contributed by atoms with Gasteiger partial charge in [-0.2, -0.15) is 9.97 Å². The summed E-state index contributed by atoms with van der Waals surface area (Å²) in [5.41, 5.74) is 1.38. The second-order valence-corrected chi connectivity index (χ2v) is 9.64. The van der Waals surface area contributed by atoms with Gasteiger partial charge < -0.3 is 20.3 Å². The number of hydrogen-bond donors (Lipinski definition) is 2. The number of hydrogen-bond acceptors (Lipinski definition) is 5. The van der Waals surface area contributed by atoms with Gasteiger partial charge in [-0.05, 0) is 62.0 Å². The third-order valence-electron chi connectivity index (χ3n) is 6.66. The van der Waals surface area contributed by atoms with Crippen molar-refractivity contribution >= 4 is 40.7 Å². The van der Waals surface area contributed by atoms with Gasteiger partial charge in [0.2, 0.25) is 11.8 Å². The van der Waals surface area contributed by atoms with Crippen LogP contribution >= 0.6 is 23.8 Å². The summed E-state index contributed by atoms with van der Waals surface area (Å²) in [6, 6.07) is 10.2. The van der Waals surface area contributed by atoms with E-state index in [-0.39, 0.29) is 5.41 Å². The lowest BCUT2D eigenvalue weighted by atomic mass is 9.69. The third-order valence-corrected chi connectivity index (χ3v) is 7.16. The minimum atomic E-state index is 0.0583. The molecule has 1 aliphatic heterocycles. The first-order chi connectivity index (χ1) is 15.6. The molecule has 1 saturated heterocycles. The molecule has 2 N–H and O–H groups in total. The van der Waals surface area contributed by atoms with Crippen molar-refractivity contribution in [2.45, 2.75) is 56.8 Å². The predicted octanol–water partition coefficient (Wildman–Crippen LogP) is 5.32. The maximum absolute atomic E-state index is 6.13. The molecule has 0 bridgehead atoms. The van der Waals surface area contributed by atoms with Gasteiger partial charge >= 0.3 is 0 Å². The van der Waals surface area contributed by atoms with Crippen LogP contribution in [-0.2, 0) is 5.41 Å². The van der Waals surface area contributed by atoms with Gasteiger partial charge in [0.15, 0.2) is 5.11 Å². The molecular weight excluding hydrogens is 442 g/mol. The van der Waals surface area contributed by atoms with E-state index in [2.05, 4.69) is 32.7 Å². The highest BCUT2D eigenvalue weighted by Crippen LogP contribution is 2.39. The Morgan fingerprint density at radius 2 is 1.75 bits per heavy atom. The number of nitrogens with zero attached hydrogens (tertiary/aromatic N) is 3. The van der Waals surface area contributed by atoms with Crippen molar-refractivity contribution in [3.63, 3.8) is 0 Å². The van der Waals surface area contributed by atoms with Gasteiger partial charge in [-0.3, -0.25) is 0 Å². The lowest BCUT2D eigenvalue weighted by Crippen LogP contribution is -2.43. The predicted molar refractivity (Wildman–Crippen MR) is 135 cm³/mol. The number of halogens is 1. The van der Waals surface area contributed by atoms with Crippen LogP contribution in [0.3, 0.4) is 0 Å². The quantitative estimate of drug-likeness (QED) is 0.550. The van der Waals surface area contributed by atoms with Gasteiger partial charge in [-0.25, -0.2) is 0 Å². The van der Waals surface area contributed by atoms with Crippen molar-refractivity contribution in [2.24, 2.45) is 0 Å². The Balaban J connectivity index is 1.45. The summed E-state index contributed by atoms with van der Waals surface area (Å²) >= 11 is 11.8. The van der Waals surface area contributed by atoms with Gasteiger partial charge in [-0.15, -0.1) is 0 Å². The molecule has 1 aromatic heterocycles. The van der Waals surface area contributed by atoms with E-state index in [9.17, 15) is 0 Å². The summed E-state index contributed by atoms with van der Waals surface area (Å²) in [5.74, 6) is 1.88. The van der Waals surface area contributed by atoms with Gasteiger partial charge in [-0.1, -0.05) is 43.0 Å². The highest BCUT2D eigenvalue weighted by Gasteiger charge is 2.34. The Hall–Kier alpha value is -2.12. The molecule has 0 amide bonds. The van der Waals surface area contributed by atoms with Crippen molar-refractivity contribution in [1.82, 2.24) is 15.3 Å². The Labute approximate surface area is 201 Å². The molecule has 0 radical (unpaired) electrons. The Morgan fingerprint density at radius 3 is 2.44 bits per heavy atom. The Morgan fingerprint density at radius 1 is 1.06 bits per heavy atom. The van der Waals surface area contributed by atoms with Crippen LogP contribution in [0.4, 0.5) is 11.8 Å². The van der Waals surface area contributed by atoms with Gasteiger partial charge in [0, 0.05) is 36.1 Å². The number of thiocarbonyl (C=S) groups is 1. The number of rotatable bonds is 6. The third kappa shape index (κ3) is 5.62. The van der Waals surface area contributed by atoms with Crippen LogP contribution in [0.5, 0.6) is 5.88 Å². The molecule has 2 aromatic rings. The molecule has 0 spiro atoms. The Bertz CT molecular complexity index is 911. The highest BCUT2D eigenvalue weighted by atomic mass is 35.5. The summed E-state index contributed by atoms with van der Waals surface area (Å²) in [4.78, 5) is 11.4. The highest BCUT2D eigenvalue weighted by molar-refractivity contribution is 7.80. The van der Waals surface area contributed by atoms with E-state index in [1.807, 2.05) is 18.2 Å². The maximum Gasteiger partial charge on any atom is 0.234 e. The number of anilines is 2. The fourth-order valence-electron chi connectivity index (χ4n) is 4.85. The fraction of sp³-hybridized carbons (Fsp3) is 0.542. The van der Waals surface area contributed by atoms with Crippen molar-refractivity contribution in [3.05, 3.63) is 40.9 Å². The van der Waals surface area contributed by atoms with Gasteiger partial charge in [0.05, 0.1) is 7.11 Å². The number of aromatic nitrogens is 2. The summed E-state index contributed by atoms with van der Waals surface area (Å²) < 4.78 is 5.41. The zero-order chi connectivity index (χ0) is 22.4. The van der Waals surface area contributed by atoms with E-state index in [0.717, 1.165) is 43.3 Å². The van der Waals surface area contributed by atoms with Crippen LogP contribution in [0.25, 0.3) is 0 Å². The molecule has 6 nitrogen and oxygen atoms in total. The monoisotopic (exact) mass is 473 g/mol. The van der Waals surface area contributed by atoms with Crippen molar-refractivity contribution in [2.75, 3.05) is 37.0 Å². The topological polar surface area (TPSA) is 62.3 Å². The van der Waals surface area contributed by atoms with Crippen molar-refractivity contribution < 1.29 is 4.74 Å². The van der Waals surface area contributed by atoms with E-state index in [1.165, 1.54) is 44.1 Å². The van der Waals surface area contributed by atoms with Crippen LogP contribution in [0.1, 0.15) is 56.9 Å². The summed E-state index contributed by atoms with van der Waals surface area (Å²) in [6.07, 6.45) is 9.65. The molecule has 1 aliphatic carbocycles. The van der Waals surface area contributed by atoms with Crippen LogP contribution in [-0.4, -0.2) is 41.8 Å². The molecule has 0 unspecified atom stereocenters. The van der Waals surface area contributed by atoms with E-state index >= 15 is 0 Å². The first-order valence-electron chi connectivity index (χ1n) is 11.6. The first-order valence-corrected chi connectivity index (χ1v) is 12.4. The molecule has 2 fully saturated rings. The number of nitrogens with one attached hydrogen (secondary N) is 2. The molecule has 8 heteroatoms. The van der Waals surface area contributed by atoms with E-state index < -0.39 is 0 Å². The van der Waals surface area contributed by atoms with E-state index in [0.29, 0.717) is 16.9 Å². The van der Waals surface area contributed by atoms with Crippen molar-refractivity contribution in [1.29, 1.82) is 0 Å². The molecule has 1 aromatic carbocycles. The summed E-state index contributed by atoms with van der Waals surface area (Å²) in [6.45, 7) is 2.78. The molecule has 1 saturated carbocycles. The minimum absolute atomic E-state index is 0.0583. The summed E-state index contributed by atoms with van der Waals surface area (Å²) in [5, 5.41) is 7.93. The molecule has 0 atom stereocenters. The van der Waals surface area contributed by atoms with E-state index in [1.54, 1.807) is 7.11 Å². The number of methoxy groups -OCH3 is 1. The zero-order valence-electron chi connectivity index (χ0n) is 18.7. The van der Waals surface area contributed by atoms with Crippen molar-refractivity contribution in [3.8, 4) is 5.88 Å². The lowest BCUT2D eigenvalue weighted by Gasteiger charge is -2.38. The molecule has 32 heavy (non-hydrogen) atoms. The fourth-order valence-corrected chi connectivity index (χ4v) is 5.14. The number of benzene rings is 1. The summed E-state index contributed by atoms with van der Waals surface area (Å²) in [7, 11) is 1.63. The molecular formula is C24H32ClN5OS. The molecule has 2 aliphatic rings. The average Bonchev–Trinajstić information content (AvgIpc) is 2.84. The first kappa shape index (κ1) is 23.1. The average molecular weight is 474 g/mol. The smallest absolute Gasteiger partial charge is 0.234 e. The van der Waals surface area contributed by atoms with E-state index in [4.69, 9.17) is 33.5 Å². The lowest BCUT2D eigenvalue weighted by molar-refractivity contribution is 0.292. The molecule has 172 valence electrons. The SMILES string of the molecule is COc1cc(N2CCCCC2)nc(NC(=S)NCC2(c3ccc(Cl)cc3)CCCCC2)n1. The maximum atomic E-state index is 6.13. The standard InChI is InChI=1S/C24H32ClN5OS/c1-31-21-16-20(30-14-6-3-7-15-30)27-22(28-21)29-23(32)26-17-24(12-4-2-5-13-24)18-8-10-19(25)11-9-18/h8-11,16H,2-7,12-15,17H2,1H3,(H2,26,27,28,29,32). The molecule has 4 rings (SSSR count). The zero-order valence-corrected chi connectivity index (χ0v) is 20.3. The van der Waals surface area contributed by atoms with Gasteiger partial charge in [0.25, 0.3) is 0 Å². The Kier molecular flexibility index (Phi) is 7.68. The van der Waals surface area contributed by atoms with Crippen LogP contribution in [0, 0.1) is 0 Å². The van der Waals surface area contributed by atoms with Crippen LogP contribution < -0.4 is 20.3 Å². The minimum Gasteiger partial charge on any atom is -0.481 e. The number of piperidine rings is 1. The second kappa shape index (κ2) is 10.7. The van der Waals surface area contributed by atoms with Gasteiger partial charge in [0.1, 0.15) is 5.82 Å². The second-order valence-electron chi connectivity index (χ2n) is 8.80. The van der Waals surface area contributed by atoms with Crippen LogP contribution in [0.15, 0.2) is 30.3 Å². The largest absolute Gasteiger partial charge is 0.481 e.